The minimum atomic E-state index is 0.109. The highest BCUT2D eigenvalue weighted by Crippen LogP contribution is 2.19. The first kappa shape index (κ1) is 13.3. The number of amides is 2. The van der Waals surface area contributed by atoms with Gasteiger partial charge in [0.1, 0.15) is 0 Å². The third kappa shape index (κ3) is 5.35. The van der Waals surface area contributed by atoms with Crippen molar-refractivity contribution in [2.75, 3.05) is 33.7 Å². The second-order valence-corrected chi connectivity index (χ2v) is 5.37. The minimum absolute atomic E-state index is 0.109. The molecule has 0 heterocycles. The third-order valence-electron chi connectivity index (χ3n) is 2.59. The van der Waals surface area contributed by atoms with Crippen LogP contribution in [-0.4, -0.2) is 55.6 Å². The summed E-state index contributed by atoms with van der Waals surface area (Å²) < 4.78 is 0. The Balaban J connectivity index is 2.37. The van der Waals surface area contributed by atoms with Gasteiger partial charge < -0.3 is 15.1 Å². The van der Waals surface area contributed by atoms with Crippen LogP contribution in [0.1, 0.15) is 26.7 Å². The number of likely N-dealkylation sites (N-methyl/N-ethyl adjacent to an activating group) is 1. The minimum Gasteiger partial charge on any atom is -0.335 e. The van der Waals surface area contributed by atoms with Crippen molar-refractivity contribution in [1.29, 1.82) is 0 Å². The van der Waals surface area contributed by atoms with Crippen LogP contribution in [0, 0.1) is 5.92 Å². The summed E-state index contributed by atoms with van der Waals surface area (Å²) in [6, 6.07) is 0.555. The molecule has 1 fully saturated rings. The topological polar surface area (TPSA) is 35.6 Å². The zero-order valence-electron chi connectivity index (χ0n) is 11.0. The SMILES string of the molecule is CC(C)CN(CCN(C)C)C(=O)NC1CC1. The maximum Gasteiger partial charge on any atom is 0.317 e. The van der Waals surface area contributed by atoms with Gasteiger partial charge in [-0.25, -0.2) is 4.79 Å². The molecule has 2 amide bonds. The quantitative estimate of drug-likeness (QED) is 0.744. The molecular weight excluding hydrogens is 202 g/mol. The zero-order valence-corrected chi connectivity index (χ0v) is 11.0. The number of hydrogen-bond acceptors (Lipinski definition) is 2. The number of carbonyl (C=O) groups excluding carboxylic acids is 1. The Morgan fingerprint density at radius 2 is 1.94 bits per heavy atom. The monoisotopic (exact) mass is 227 g/mol. The highest BCUT2D eigenvalue weighted by atomic mass is 16.2. The summed E-state index contributed by atoms with van der Waals surface area (Å²) in [6.07, 6.45) is 2.30. The fourth-order valence-corrected chi connectivity index (χ4v) is 1.53. The van der Waals surface area contributed by atoms with E-state index in [4.69, 9.17) is 0 Å². The molecule has 0 bridgehead atoms. The Morgan fingerprint density at radius 1 is 1.31 bits per heavy atom. The van der Waals surface area contributed by atoms with Gasteiger partial charge in [0.05, 0.1) is 0 Å². The van der Waals surface area contributed by atoms with E-state index in [0.29, 0.717) is 12.0 Å². The molecule has 0 aliphatic heterocycles. The van der Waals surface area contributed by atoms with E-state index in [1.54, 1.807) is 0 Å². The lowest BCUT2D eigenvalue weighted by Gasteiger charge is -2.26. The van der Waals surface area contributed by atoms with E-state index in [9.17, 15) is 4.79 Å². The molecule has 0 aromatic carbocycles. The molecule has 0 spiro atoms. The van der Waals surface area contributed by atoms with Crippen LogP contribution in [0.5, 0.6) is 0 Å². The lowest BCUT2D eigenvalue weighted by atomic mass is 10.2. The maximum absolute atomic E-state index is 11.9. The molecule has 0 aromatic heterocycles. The van der Waals surface area contributed by atoms with Crippen LogP contribution in [0.3, 0.4) is 0 Å². The summed E-state index contributed by atoms with van der Waals surface area (Å²) in [4.78, 5) is 16.0. The number of carbonyl (C=O) groups is 1. The van der Waals surface area contributed by atoms with E-state index in [0.717, 1.165) is 32.5 Å². The highest BCUT2D eigenvalue weighted by molar-refractivity contribution is 5.74. The molecule has 4 heteroatoms. The summed E-state index contributed by atoms with van der Waals surface area (Å²) in [5.74, 6) is 0.520. The van der Waals surface area contributed by atoms with Gasteiger partial charge in [-0.2, -0.15) is 0 Å². The first-order chi connectivity index (χ1) is 7.49. The maximum atomic E-state index is 11.9. The van der Waals surface area contributed by atoms with Crippen molar-refractivity contribution < 1.29 is 4.79 Å². The number of nitrogens with one attached hydrogen (secondary N) is 1. The van der Waals surface area contributed by atoms with Crippen LogP contribution in [0.2, 0.25) is 0 Å². The van der Waals surface area contributed by atoms with Crippen LogP contribution >= 0.6 is 0 Å². The highest BCUT2D eigenvalue weighted by Gasteiger charge is 2.25. The summed E-state index contributed by atoms with van der Waals surface area (Å²) in [6.45, 7) is 6.86. The van der Waals surface area contributed by atoms with Gasteiger partial charge in [-0.3, -0.25) is 0 Å². The predicted molar refractivity (Wildman–Crippen MR) is 66.5 cm³/mol. The van der Waals surface area contributed by atoms with Crippen molar-refractivity contribution in [3.63, 3.8) is 0 Å². The molecule has 0 atom stereocenters. The predicted octanol–water partition coefficient (Wildman–Crippen LogP) is 1.38. The molecule has 1 N–H and O–H groups in total. The Hall–Kier alpha value is -0.770. The van der Waals surface area contributed by atoms with Crippen LogP contribution in [0.15, 0.2) is 0 Å². The van der Waals surface area contributed by atoms with Gasteiger partial charge in [0.25, 0.3) is 0 Å². The first-order valence-corrected chi connectivity index (χ1v) is 6.19. The second-order valence-electron chi connectivity index (χ2n) is 5.37. The van der Waals surface area contributed by atoms with Crippen molar-refractivity contribution in [3.05, 3.63) is 0 Å². The van der Waals surface area contributed by atoms with Crippen molar-refractivity contribution in [2.24, 2.45) is 5.92 Å². The van der Waals surface area contributed by atoms with Crippen LogP contribution < -0.4 is 5.32 Å². The molecule has 16 heavy (non-hydrogen) atoms. The van der Waals surface area contributed by atoms with Gasteiger partial charge in [0, 0.05) is 25.7 Å². The smallest absolute Gasteiger partial charge is 0.317 e. The molecule has 0 saturated heterocycles. The van der Waals surface area contributed by atoms with Crippen LogP contribution in [-0.2, 0) is 0 Å². The molecular formula is C12H25N3O. The van der Waals surface area contributed by atoms with Crippen LogP contribution in [0.4, 0.5) is 4.79 Å². The van der Waals surface area contributed by atoms with Crippen molar-refractivity contribution in [1.82, 2.24) is 15.1 Å². The summed E-state index contributed by atoms with van der Waals surface area (Å²) in [5.41, 5.74) is 0. The lowest BCUT2D eigenvalue weighted by molar-refractivity contribution is 0.184. The fraction of sp³-hybridized carbons (Fsp3) is 0.917. The molecule has 1 aliphatic rings. The summed E-state index contributed by atoms with van der Waals surface area (Å²) in [7, 11) is 4.07. The molecule has 0 aromatic rings. The Kier molecular flexibility index (Phi) is 5.06. The van der Waals surface area contributed by atoms with Crippen molar-refractivity contribution >= 4 is 6.03 Å². The largest absolute Gasteiger partial charge is 0.335 e. The molecule has 0 radical (unpaired) electrons. The zero-order chi connectivity index (χ0) is 12.1. The normalized spacial score (nSPS) is 15.6. The molecule has 4 nitrogen and oxygen atoms in total. The van der Waals surface area contributed by atoms with Crippen molar-refractivity contribution in [2.45, 2.75) is 32.7 Å². The van der Waals surface area contributed by atoms with E-state index in [1.807, 2.05) is 19.0 Å². The van der Waals surface area contributed by atoms with Gasteiger partial charge in [-0.1, -0.05) is 13.8 Å². The molecule has 1 rings (SSSR count). The van der Waals surface area contributed by atoms with Gasteiger partial charge in [0.2, 0.25) is 0 Å². The first-order valence-electron chi connectivity index (χ1n) is 6.19. The van der Waals surface area contributed by atoms with Gasteiger partial charge in [0.15, 0.2) is 0 Å². The van der Waals surface area contributed by atoms with Gasteiger partial charge >= 0.3 is 6.03 Å². The Morgan fingerprint density at radius 3 is 2.38 bits per heavy atom. The van der Waals surface area contributed by atoms with Crippen LogP contribution in [0.25, 0.3) is 0 Å². The molecule has 1 saturated carbocycles. The standard InChI is InChI=1S/C12H25N3O/c1-10(2)9-15(8-7-14(3)4)12(16)13-11-5-6-11/h10-11H,5-9H2,1-4H3,(H,13,16). The number of nitrogens with zero attached hydrogens (tertiary/aromatic N) is 2. The molecule has 1 aliphatic carbocycles. The summed E-state index contributed by atoms with van der Waals surface area (Å²) in [5, 5.41) is 3.05. The fourth-order valence-electron chi connectivity index (χ4n) is 1.53. The Labute approximate surface area is 99.0 Å². The van der Waals surface area contributed by atoms with E-state index >= 15 is 0 Å². The molecule has 94 valence electrons. The number of rotatable bonds is 6. The van der Waals surface area contributed by atoms with Gasteiger partial charge in [-0.15, -0.1) is 0 Å². The van der Waals surface area contributed by atoms with E-state index < -0.39 is 0 Å². The van der Waals surface area contributed by atoms with Crippen molar-refractivity contribution in [3.8, 4) is 0 Å². The summed E-state index contributed by atoms with van der Waals surface area (Å²) >= 11 is 0. The molecule has 0 unspecified atom stereocenters. The van der Waals surface area contributed by atoms with E-state index in [1.165, 1.54) is 0 Å². The third-order valence-corrected chi connectivity index (χ3v) is 2.59. The van der Waals surface area contributed by atoms with E-state index in [2.05, 4.69) is 24.1 Å². The second kappa shape index (κ2) is 6.09. The Bertz CT molecular complexity index is 224. The average Bonchev–Trinajstić information content (AvgIpc) is 2.94. The average molecular weight is 227 g/mol. The van der Waals surface area contributed by atoms with E-state index in [-0.39, 0.29) is 6.03 Å². The number of hydrogen-bond donors (Lipinski definition) is 1. The number of urea groups is 1. The van der Waals surface area contributed by atoms with Gasteiger partial charge in [-0.05, 0) is 32.9 Å². The lowest BCUT2D eigenvalue weighted by Crippen LogP contribution is -2.45.